The van der Waals surface area contributed by atoms with Crippen molar-refractivity contribution in [2.24, 2.45) is 5.41 Å². The minimum atomic E-state index is -0.391. The standard InChI is InChI=1S/C15H20ClFN2O/c1-15(2,3)9-19-12-8-13(20-4)10(17)7-11(12)18-14(19)5-6-16/h7-8H,5-6,9H2,1-4H3. The number of ether oxygens (including phenoxy) is 1. The summed E-state index contributed by atoms with van der Waals surface area (Å²) in [4.78, 5) is 4.51. The van der Waals surface area contributed by atoms with E-state index in [1.165, 1.54) is 13.2 Å². The quantitative estimate of drug-likeness (QED) is 0.797. The first-order valence-electron chi connectivity index (χ1n) is 6.64. The van der Waals surface area contributed by atoms with Gasteiger partial charge in [0.2, 0.25) is 0 Å². The molecule has 0 aliphatic carbocycles. The van der Waals surface area contributed by atoms with E-state index in [0.717, 1.165) is 17.9 Å². The molecule has 2 aromatic rings. The number of rotatable bonds is 4. The van der Waals surface area contributed by atoms with E-state index in [-0.39, 0.29) is 11.2 Å². The molecule has 5 heteroatoms. The second kappa shape index (κ2) is 5.60. The number of imidazole rings is 1. The van der Waals surface area contributed by atoms with Crippen molar-refractivity contribution in [3.63, 3.8) is 0 Å². The molecule has 1 heterocycles. The smallest absolute Gasteiger partial charge is 0.167 e. The van der Waals surface area contributed by atoms with Crippen LogP contribution in [0.1, 0.15) is 26.6 Å². The van der Waals surface area contributed by atoms with Gasteiger partial charge in [-0.15, -0.1) is 11.6 Å². The highest BCUT2D eigenvalue weighted by Crippen LogP contribution is 2.28. The van der Waals surface area contributed by atoms with Gasteiger partial charge in [0.25, 0.3) is 0 Å². The molecule has 0 saturated carbocycles. The van der Waals surface area contributed by atoms with E-state index in [4.69, 9.17) is 16.3 Å². The summed E-state index contributed by atoms with van der Waals surface area (Å²) in [5.41, 5.74) is 1.63. The molecule has 3 nitrogen and oxygen atoms in total. The summed E-state index contributed by atoms with van der Waals surface area (Å²) in [5.74, 6) is 1.23. The number of methoxy groups -OCH3 is 1. The third-order valence-corrected chi connectivity index (χ3v) is 3.24. The summed E-state index contributed by atoms with van der Waals surface area (Å²) in [6.45, 7) is 7.27. The Balaban J connectivity index is 2.62. The Morgan fingerprint density at radius 3 is 2.60 bits per heavy atom. The maximum Gasteiger partial charge on any atom is 0.167 e. The molecule has 0 unspecified atom stereocenters. The van der Waals surface area contributed by atoms with Crippen molar-refractivity contribution in [1.82, 2.24) is 9.55 Å². The average Bonchev–Trinajstić information content (AvgIpc) is 2.64. The van der Waals surface area contributed by atoms with Crippen molar-refractivity contribution in [1.29, 1.82) is 0 Å². The molecule has 0 spiro atoms. The van der Waals surface area contributed by atoms with Crippen molar-refractivity contribution in [2.45, 2.75) is 33.7 Å². The van der Waals surface area contributed by atoms with Gasteiger partial charge in [-0.25, -0.2) is 9.37 Å². The highest BCUT2D eigenvalue weighted by atomic mass is 35.5. The Labute approximate surface area is 123 Å². The van der Waals surface area contributed by atoms with Gasteiger partial charge in [0, 0.05) is 31.0 Å². The van der Waals surface area contributed by atoms with E-state index in [9.17, 15) is 4.39 Å². The van der Waals surface area contributed by atoms with Gasteiger partial charge >= 0.3 is 0 Å². The predicted molar refractivity (Wildman–Crippen MR) is 80.1 cm³/mol. The number of hydrogen-bond acceptors (Lipinski definition) is 2. The van der Waals surface area contributed by atoms with Crippen LogP contribution in [0.2, 0.25) is 0 Å². The maximum absolute atomic E-state index is 13.8. The van der Waals surface area contributed by atoms with Gasteiger partial charge in [0.15, 0.2) is 11.6 Å². The first-order chi connectivity index (χ1) is 9.35. The topological polar surface area (TPSA) is 27.1 Å². The fourth-order valence-corrected chi connectivity index (χ4v) is 2.43. The molecule has 110 valence electrons. The number of alkyl halides is 1. The molecule has 20 heavy (non-hydrogen) atoms. The van der Waals surface area contributed by atoms with Gasteiger partial charge in [-0.1, -0.05) is 20.8 Å². The molecule has 0 fully saturated rings. The number of hydrogen-bond donors (Lipinski definition) is 0. The van der Waals surface area contributed by atoms with E-state index >= 15 is 0 Å². The van der Waals surface area contributed by atoms with Crippen LogP contribution in [0.4, 0.5) is 4.39 Å². The number of halogens is 2. The van der Waals surface area contributed by atoms with Gasteiger partial charge in [-0.05, 0) is 5.41 Å². The molecule has 0 bridgehead atoms. The first-order valence-corrected chi connectivity index (χ1v) is 7.18. The highest BCUT2D eigenvalue weighted by molar-refractivity contribution is 6.17. The Hall–Kier alpha value is -1.29. The van der Waals surface area contributed by atoms with Crippen molar-refractivity contribution < 1.29 is 9.13 Å². The van der Waals surface area contributed by atoms with Crippen LogP contribution < -0.4 is 4.74 Å². The first kappa shape index (κ1) is 15.1. The lowest BCUT2D eigenvalue weighted by atomic mass is 9.96. The summed E-state index contributed by atoms with van der Waals surface area (Å²) < 4.78 is 21.0. The van der Waals surface area contributed by atoms with E-state index in [1.54, 1.807) is 6.07 Å². The monoisotopic (exact) mass is 298 g/mol. The Bertz CT molecular complexity index is 616. The third-order valence-electron chi connectivity index (χ3n) is 3.05. The largest absolute Gasteiger partial charge is 0.494 e. The Kier molecular flexibility index (Phi) is 4.23. The molecule has 0 N–H and O–H groups in total. The van der Waals surface area contributed by atoms with Crippen LogP contribution in [0.5, 0.6) is 5.75 Å². The van der Waals surface area contributed by atoms with Crippen LogP contribution in [0.3, 0.4) is 0 Å². The summed E-state index contributed by atoms with van der Waals surface area (Å²) >= 11 is 5.84. The van der Waals surface area contributed by atoms with Crippen LogP contribution in [-0.4, -0.2) is 22.5 Å². The van der Waals surface area contributed by atoms with Gasteiger partial charge in [0.05, 0.1) is 18.1 Å². The zero-order valence-corrected chi connectivity index (χ0v) is 13.1. The number of fused-ring (bicyclic) bond motifs is 1. The normalized spacial score (nSPS) is 12.1. The molecular formula is C15H20ClFN2O. The van der Waals surface area contributed by atoms with Gasteiger partial charge in [0.1, 0.15) is 5.82 Å². The lowest BCUT2D eigenvalue weighted by Crippen LogP contribution is -2.17. The minimum absolute atomic E-state index is 0.0936. The van der Waals surface area contributed by atoms with Crippen LogP contribution in [0.15, 0.2) is 12.1 Å². The fraction of sp³-hybridized carbons (Fsp3) is 0.533. The number of benzene rings is 1. The summed E-state index contributed by atoms with van der Waals surface area (Å²) in [6, 6.07) is 3.13. The van der Waals surface area contributed by atoms with Crippen LogP contribution >= 0.6 is 11.6 Å². The molecule has 2 rings (SSSR count). The van der Waals surface area contributed by atoms with E-state index in [1.807, 2.05) is 0 Å². The van der Waals surface area contributed by atoms with Gasteiger partial charge < -0.3 is 9.30 Å². The molecule has 0 atom stereocenters. The van der Waals surface area contributed by atoms with Crippen molar-refractivity contribution >= 4 is 22.6 Å². The van der Waals surface area contributed by atoms with Gasteiger partial charge in [-0.2, -0.15) is 0 Å². The molecule has 0 saturated heterocycles. The minimum Gasteiger partial charge on any atom is -0.494 e. The molecule has 1 aromatic carbocycles. The highest BCUT2D eigenvalue weighted by Gasteiger charge is 2.19. The van der Waals surface area contributed by atoms with Crippen LogP contribution in [0, 0.1) is 11.2 Å². The lowest BCUT2D eigenvalue weighted by Gasteiger charge is -2.21. The van der Waals surface area contributed by atoms with Crippen LogP contribution in [0.25, 0.3) is 11.0 Å². The molecule has 0 amide bonds. The Morgan fingerprint density at radius 2 is 2.05 bits per heavy atom. The number of aromatic nitrogens is 2. The number of aryl methyl sites for hydroxylation is 1. The fourth-order valence-electron chi connectivity index (χ4n) is 2.26. The zero-order valence-electron chi connectivity index (χ0n) is 12.3. The third kappa shape index (κ3) is 3.06. The van der Waals surface area contributed by atoms with Crippen molar-refractivity contribution in [2.75, 3.05) is 13.0 Å². The van der Waals surface area contributed by atoms with Crippen LogP contribution in [-0.2, 0) is 13.0 Å². The molecule has 0 radical (unpaired) electrons. The zero-order chi connectivity index (χ0) is 14.9. The SMILES string of the molecule is COc1cc2c(cc1F)nc(CCCl)n2CC(C)(C)C. The van der Waals surface area contributed by atoms with E-state index in [0.29, 0.717) is 17.8 Å². The van der Waals surface area contributed by atoms with Crippen molar-refractivity contribution in [3.8, 4) is 5.75 Å². The molecule has 0 aliphatic rings. The summed E-state index contributed by atoms with van der Waals surface area (Å²) in [7, 11) is 1.47. The average molecular weight is 299 g/mol. The maximum atomic E-state index is 13.8. The Morgan fingerprint density at radius 1 is 1.35 bits per heavy atom. The van der Waals surface area contributed by atoms with E-state index in [2.05, 4.69) is 30.3 Å². The van der Waals surface area contributed by atoms with Gasteiger partial charge in [-0.3, -0.25) is 0 Å². The molecule has 0 aliphatic heterocycles. The molecular weight excluding hydrogens is 279 g/mol. The van der Waals surface area contributed by atoms with E-state index < -0.39 is 5.82 Å². The number of nitrogens with zero attached hydrogens (tertiary/aromatic N) is 2. The summed E-state index contributed by atoms with van der Waals surface area (Å²) in [5, 5.41) is 0. The van der Waals surface area contributed by atoms with Crippen molar-refractivity contribution in [3.05, 3.63) is 23.8 Å². The predicted octanol–water partition coefficient (Wildman–Crippen LogP) is 4.01. The molecule has 1 aromatic heterocycles. The second-order valence-corrected chi connectivity index (χ2v) is 6.47. The lowest BCUT2D eigenvalue weighted by molar-refractivity contribution is 0.343. The summed E-state index contributed by atoms with van der Waals surface area (Å²) in [6.07, 6.45) is 0.663. The second-order valence-electron chi connectivity index (χ2n) is 6.09.